The molecule has 4 heteroatoms. The van der Waals surface area contributed by atoms with E-state index in [4.69, 9.17) is 4.74 Å². The van der Waals surface area contributed by atoms with Crippen LogP contribution >= 0.6 is 0 Å². The molecule has 1 aromatic heterocycles. The van der Waals surface area contributed by atoms with E-state index < -0.39 is 0 Å². The molecule has 20 heavy (non-hydrogen) atoms. The molecule has 0 unspecified atom stereocenters. The molecule has 0 saturated carbocycles. The number of carbonyl (C=O) groups excluding carboxylic acids is 1. The number of pyridine rings is 1. The second-order valence-electron chi connectivity index (χ2n) is 4.69. The van der Waals surface area contributed by atoms with Crippen molar-refractivity contribution in [2.24, 2.45) is 0 Å². The predicted octanol–water partition coefficient (Wildman–Crippen LogP) is 2.80. The Kier molecular flexibility index (Phi) is 4.71. The Morgan fingerprint density at radius 3 is 2.55 bits per heavy atom. The fourth-order valence-electron chi connectivity index (χ4n) is 1.73. The average molecular weight is 270 g/mol. The van der Waals surface area contributed by atoms with Gasteiger partial charge in [0.25, 0.3) is 5.91 Å². The molecule has 2 aromatic rings. The van der Waals surface area contributed by atoms with Crippen LogP contribution in [0.2, 0.25) is 0 Å². The van der Waals surface area contributed by atoms with Crippen LogP contribution in [0.15, 0.2) is 48.7 Å². The summed E-state index contributed by atoms with van der Waals surface area (Å²) in [7, 11) is 0. The van der Waals surface area contributed by atoms with Crippen LogP contribution in [0.4, 0.5) is 0 Å². The minimum Gasteiger partial charge on any atom is -0.491 e. The molecule has 4 nitrogen and oxygen atoms in total. The highest BCUT2D eigenvalue weighted by Crippen LogP contribution is 2.13. The maximum atomic E-state index is 12.0. The lowest BCUT2D eigenvalue weighted by atomic mass is 10.2. The van der Waals surface area contributed by atoms with Gasteiger partial charge in [-0.25, -0.2) is 0 Å². The summed E-state index contributed by atoms with van der Waals surface area (Å²) in [4.78, 5) is 16.1. The van der Waals surface area contributed by atoms with E-state index in [1.54, 1.807) is 30.5 Å². The topological polar surface area (TPSA) is 51.2 Å². The second-order valence-corrected chi connectivity index (χ2v) is 4.69. The molecule has 0 bridgehead atoms. The maximum Gasteiger partial charge on any atom is 0.251 e. The third-order valence-corrected chi connectivity index (χ3v) is 2.64. The molecule has 0 aliphatic heterocycles. The molecule has 0 saturated heterocycles. The summed E-state index contributed by atoms with van der Waals surface area (Å²) in [5.74, 6) is 0.646. The molecule has 0 fully saturated rings. The minimum absolute atomic E-state index is 0.119. The first kappa shape index (κ1) is 14.1. The van der Waals surface area contributed by atoms with Crippen LogP contribution in [0.1, 0.15) is 29.9 Å². The first-order chi connectivity index (χ1) is 9.65. The molecule has 0 radical (unpaired) electrons. The molecule has 2 rings (SSSR count). The number of hydrogen-bond donors (Lipinski definition) is 1. The Hall–Kier alpha value is -2.36. The fourth-order valence-corrected chi connectivity index (χ4v) is 1.73. The number of nitrogens with zero attached hydrogens (tertiary/aromatic N) is 1. The van der Waals surface area contributed by atoms with Crippen LogP contribution in [0, 0.1) is 0 Å². The normalized spacial score (nSPS) is 10.3. The number of carbonyl (C=O) groups is 1. The molecular weight excluding hydrogens is 252 g/mol. The van der Waals surface area contributed by atoms with Crippen molar-refractivity contribution in [3.05, 3.63) is 59.9 Å². The summed E-state index contributed by atoms with van der Waals surface area (Å²) in [6.07, 6.45) is 1.83. The van der Waals surface area contributed by atoms with Gasteiger partial charge in [0.05, 0.1) is 18.3 Å². The van der Waals surface area contributed by atoms with Gasteiger partial charge in [-0.15, -0.1) is 0 Å². The molecule has 1 heterocycles. The maximum absolute atomic E-state index is 12.0. The van der Waals surface area contributed by atoms with Gasteiger partial charge in [0.2, 0.25) is 0 Å². The molecule has 0 spiro atoms. The molecule has 0 atom stereocenters. The summed E-state index contributed by atoms with van der Waals surface area (Å²) in [5, 5.41) is 2.83. The van der Waals surface area contributed by atoms with Gasteiger partial charge in [0, 0.05) is 11.8 Å². The number of rotatable bonds is 5. The van der Waals surface area contributed by atoms with Gasteiger partial charge in [0.1, 0.15) is 5.75 Å². The molecule has 1 aromatic carbocycles. The average Bonchev–Trinajstić information content (AvgIpc) is 2.46. The lowest BCUT2D eigenvalue weighted by Gasteiger charge is -2.10. The summed E-state index contributed by atoms with van der Waals surface area (Å²) in [5.41, 5.74) is 1.44. The number of amides is 1. The standard InChI is InChI=1S/C16H18N2O2/c1-12(2)20-15-8-6-13(7-9-15)16(19)18-11-14-5-3-4-10-17-14/h3-10,12H,11H2,1-2H3,(H,18,19). The van der Waals surface area contributed by atoms with Gasteiger partial charge in [-0.2, -0.15) is 0 Å². The fraction of sp³-hybridized carbons (Fsp3) is 0.250. The van der Waals surface area contributed by atoms with E-state index >= 15 is 0 Å². The summed E-state index contributed by atoms with van der Waals surface area (Å²) >= 11 is 0. The molecule has 104 valence electrons. The lowest BCUT2D eigenvalue weighted by Crippen LogP contribution is -2.23. The van der Waals surface area contributed by atoms with Gasteiger partial charge in [-0.05, 0) is 50.2 Å². The van der Waals surface area contributed by atoms with Crippen LogP contribution in [0.3, 0.4) is 0 Å². The van der Waals surface area contributed by atoms with Gasteiger partial charge < -0.3 is 10.1 Å². The summed E-state index contributed by atoms with van der Waals surface area (Å²) in [6.45, 7) is 4.35. The van der Waals surface area contributed by atoms with Crippen LogP contribution in [0.25, 0.3) is 0 Å². The smallest absolute Gasteiger partial charge is 0.251 e. The van der Waals surface area contributed by atoms with Gasteiger partial charge in [-0.1, -0.05) is 6.07 Å². The summed E-state index contributed by atoms with van der Waals surface area (Å²) < 4.78 is 5.54. The van der Waals surface area contributed by atoms with Crippen molar-refractivity contribution in [3.8, 4) is 5.75 Å². The van der Waals surface area contributed by atoms with Crippen molar-refractivity contribution in [3.63, 3.8) is 0 Å². The zero-order chi connectivity index (χ0) is 14.4. The minimum atomic E-state index is -0.119. The Morgan fingerprint density at radius 2 is 1.95 bits per heavy atom. The Morgan fingerprint density at radius 1 is 1.20 bits per heavy atom. The highest BCUT2D eigenvalue weighted by molar-refractivity contribution is 5.94. The molecular formula is C16H18N2O2. The third-order valence-electron chi connectivity index (χ3n) is 2.64. The monoisotopic (exact) mass is 270 g/mol. The highest BCUT2D eigenvalue weighted by atomic mass is 16.5. The van der Waals surface area contributed by atoms with Crippen molar-refractivity contribution >= 4 is 5.91 Å². The molecule has 0 aliphatic carbocycles. The van der Waals surface area contributed by atoms with E-state index in [9.17, 15) is 4.79 Å². The predicted molar refractivity (Wildman–Crippen MR) is 77.6 cm³/mol. The highest BCUT2D eigenvalue weighted by Gasteiger charge is 2.06. The van der Waals surface area contributed by atoms with Crippen LogP contribution in [-0.4, -0.2) is 17.0 Å². The van der Waals surface area contributed by atoms with E-state index in [-0.39, 0.29) is 12.0 Å². The first-order valence-electron chi connectivity index (χ1n) is 6.60. The third kappa shape index (κ3) is 4.09. The number of hydrogen-bond acceptors (Lipinski definition) is 3. The second kappa shape index (κ2) is 6.70. The number of benzene rings is 1. The number of aromatic nitrogens is 1. The van der Waals surface area contributed by atoms with Gasteiger partial charge in [-0.3, -0.25) is 9.78 Å². The number of ether oxygens (including phenoxy) is 1. The SMILES string of the molecule is CC(C)Oc1ccc(C(=O)NCc2ccccn2)cc1. The first-order valence-corrected chi connectivity index (χ1v) is 6.60. The van der Waals surface area contributed by atoms with E-state index in [1.807, 2.05) is 32.0 Å². The number of nitrogens with one attached hydrogen (secondary N) is 1. The van der Waals surface area contributed by atoms with Gasteiger partial charge in [0.15, 0.2) is 0 Å². The van der Waals surface area contributed by atoms with Crippen molar-refractivity contribution in [2.45, 2.75) is 26.5 Å². The van der Waals surface area contributed by atoms with Gasteiger partial charge >= 0.3 is 0 Å². The Bertz CT molecular complexity index is 550. The van der Waals surface area contributed by atoms with E-state index in [0.717, 1.165) is 11.4 Å². The lowest BCUT2D eigenvalue weighted by molar-refractivity contribution is 0.0950. The Labute approximate surface area is 118 Å². The zero-order valence-electron chi connectivity index (χ0n) is 11.7. The quantitative estimate of drug-likeness (QED) is 0.909. The zero-order valence-corrected chi connectivity index (χ0v) is 11.7. The largest absolute Gasteiger partial charge is 0.491 e. The molecule has 0 aliphatic rings. The Balaban J connectivity index is 1.92. The van der Waals surface area contributed by atoms with Crippen LogP contribution in [0.5, 0.6) is 5.75 Å². The van der Waals surface area contributed by atoms with Crippen molar-refractivity contribution in [2.75, 3.05) is 0 Å². The molecule has 1 N–H and O–H groups in total. The van der Waals surface area contributed by atoms with Crippen molar-refractivity contribution in [1.82, 2.24) is 10.3 Å². The van der Waals surface area contributed by atoms with Crippen molar-refractivity contribution < 1.29 is 9.53 Å². The molecule has 1 amide bonds. The van der Waals surface area contributed by atoms with Crippen molar-refractivity contribution in [1.29, 1.82) is 0 Å². The van der Waals surface area contributed by atoms with Crippen LogP contribution in [-0.2, 0) is 6.54 Å². The van der Waals surface area contributed by atoms with Crippen LogP contribution < -0.4 is 10.1 Å². The van der Waals surface area contributed by atoms with E-state index in [1.165, 1.54) is 0 Å². The summed E-state index contributed by atoms with van der Waals surface area (Å²) in [6, 6.07) is 12.7. The van der Waals surface area contributed by atoms with E-state index in [2.05, 4.69) is 10.3 Å². The van der Waals surface area contributed by atoms with E-state index in [0.29, 0.717) is 12.1 Å².